The largest absolute Gasteiger partial charge is 0.480 e. The molecule has 3 amide bonds. The minimum absolute atomic E-state index is 0.306. The van der Waals surface area contributed by atoms with Crippen LogP contribution in [0.4, 0.5) is 0 Å². The second kappa shape index (κ2) is 7.43. The minimum atomic E-state index is -1.39. The van der Waals surface area contributed by atoms with Crippen LogP contribution in [-0.2, 0) is 19.2 Å². The summed E-state index contributed by atoms with van der Waals surface area (Å²) >= 11 is 0. The molecule has 1 fully saturated rings. The predicted molar refractivity (Wildman–Crippen MR) is 67.4 cm³/mol. The average molecular weight is 286 g/mol. The van der Waals surface area contributed by atoms with Crippen molar-refractivity contribution in [2.24, 2.45) is 5.73 Å². The Kier molecular flexibility index (Phi) is 5.91. The number of nitrogens with one attached hydrogen (secondary N) is 3. The van der Waals surface area contributed by atoms with E-state index < -0.39 is 30.2 Å². The maximum atomic E-state index is 11.6. The second-order valence-electron chi connectivity index (χ2n) is 4.50. The molecule has 0 aliphatic carbocycles. The van der Waals surface area contributed by atoms with Crippen molar-refractivity contribution in [2.45, 2.75) is 31.3 Å². The van der Waals surface area contributed by atoms with Crippen molar-refractivity contribution < 1.29 is 24.3 Å². The molecule has 2 atom stereocenters. The zero-order valence-electron chi connectivity index (χ0n) is 10.8. The number of carboxylic acid groups (broad SMARTS) is 1. The molecule has 0 aromatic carbocycles. The van der Waals surface area contributed by atoms with E-state index in [0.29, 0.717) is 6.42 Å². The topological polar surface area (TPSA) is 151 Å². The molecule has 1 saturated heterocycles. The third-order valence-electron chi connectivity index (χ3n) is 2.84. The number of rotatable bonds is 7. The van der Waals surface area contributed by atoms with E-state index in [-0.39, 0.29) is 18.5 Å². The molecule has 1 aliphatic heterocycles. The van der Waals surface area contributed by atoms with Crippen molar-refractivity contribution in [1.29, 1.82) is 0 Å². The number of aliphatic carboxylic acids is 1. The summed E-state index contributed by atoms with van der Waals surface area (Å²) in [6.07, 6.45) is 1.09. The fraction of sp³-hybridized carbons (Fsp3) is 0.636. The molecule has 1 rings (SSSR count). The standard InChI is InChI=1S/C11H18N4O5/c12-8(16)4-7(11(19)20)15-9(17)5-14-10(18)6-2-1-3-13-6/h6-7,13H,1-5H2,(H2,12,16)(H,14,18)(H,15,17)(H,19,20)/t6-,7-/m0/s1. The molecule has 0 saturated carbocycles. The Balaban J connectivity index is 2.35. The zero-order chi connectivity index (χ0) is 15.1. The Morgan fingerprint density at radius 1 is 1.35 bits per heavy atom. The number of primary amides is 1. The highest BCUT2D eigenvalue weighted by molar-refractivity contribution is 5.91. The third kappa shape index (κ3) is 5.22. The number of hydrogen-bond donors (Lipinski definition) is 5. The fourth-order valence-electron chi connectivity index (χ4n) is 1.85. The van der Waals surface area contributed by atoms with Gasteiger partial charge in [0.15, 0.2) is 0 Å². The van der Waals surface area contributed by atoms with Crippen LogP contribution in [-0.4, -0.2) is 54.0 Å². The molecule has 6 N–H and O–H groups in total. The van der Waals surface area contributed by atoms with E-state index in [1.165, 1.54) is 0 Å². The first-order chi connectivity index (χ1) is 9.40. The summed E-state index contributed by atoms with van der Waals surface area (Å²) in [6.45, 7) is 0.406. The number of hydrogen-bond acceptors (Lipinski definition) is 5. The number of nitrogens with two attached hydrogens (primary N) is 1. The van der Waals surface area contributed by atoms with Crippen LogP contribution in [0.15, 0.2) is 0 Å². The molecule has 9 heteroatoms. The van der Waals surface area contributed by atoms with Gasteiger partial charge in [-0.05, 0) is 19.4 Å². The average Bonchev–Trinajstić information content (AvgIpc) is 2.88. The van der Waals surface area contributed by atoms with Gasteiger partial charge in [-0.15, -0.1) is 0 Å². The minimum Gasteiger partial charge on any atom is -0.480 e. The van der Waals surface area contributed by atoms with Gasteiger partial charge in [-0.3, -0.25) is 14.4 Å². The first-order valence-electron chi connectivity index (χ1n) is 6.21. The highest BCUT2D eigenvalue weighted by atomic mass is 16.4. The van der Waals surface area contributed by atoms with Crippen LogP contribution in [0, 0.1) is 0 Å². The Bertz CT molecular complexity index is 406. The van der Waals surface area contributed by atoms with E-state index >= 15 is 0 Å². The van der Waals surface area contributed by atoms with Crippen LogP contribution in [0.3, 0.4) is 0 Å². The van der Waals surface area contributed by atoms with E-state index in [1.807, 2.05) is 0 Å². The van der Waals surface area contributed by atoms with Gasteiger partial charge in [-0.1, -0.05) is 0 Å². The summed E-state index contributed by atoms with van der Waals surface area (Å²) < 4.78 is 0. The summed E-state index contributed by atoms with van der Waals surface area (Å²) in [5.41, 5.74) is 4.88. The first-order valence-corrected chi connectivity index (χ1v) is 6.21. The van der Waals surface area contributed by atoms with Crippen LogP contribution in [0.5, 0.6) is 0 Å². The molecular formula is C11H18N4O5. The summed E-state index contributed by atoms with van der Waals surface area (Å²) in [6, 6.07) is -1.70. The molecule has 1 heterocycles. The number of amides is 3. The van der Waals surface area contributed by atoms with E-state index in [0.717, 1.165) is 13.0 Å². The molecule has 0 aromatic rings. The summed E-state index contributed by atoms with van der Waals surface area (Å²) in [4.78, 5) is 44.6. The lowest BCUT2D eigenvalue weighted by molar-refractivity contribution is -0.143. The van der Waals surface area contributed by atoms with Gasteiger partial charge in [-0.2, -0.15) is 0 Å². The lowest BCUT2D eigenvalue weighted by atomic mass is 10.2. The van der Waals surface area contributed by atoms with E-state index in [1.54, 1.807) is 0 Å². The van der Waals surface area contributed by atoms with Crippen LogP contribution in [0.1, 0.15) is 19.3 Å². The van der Waals surface area contributed by atoms with Crippen molar-refractivity contribution >= 4 is 23.7 Å². The van der Waals surface area contributed by atoms with Crippen LogP contribution in [0.25, 0.3) is 0 Å². The van der Waals surface area contributed by atoms with Crippen LogP contribution < -0.4 is 21.7 Å². The van der Waals surface area contributed by atoms with E-state index in [9.17, 15) is 19.2 Å². The molecule has 0 bridgehead atoms. The maximum Gasteiger partial charge on any atom is 0.326 e. The predicted octanol–water partition coefficient (Wildman–Crippen LogP) is -2.70. The summed E-state index contributed by atoms with van der Waals surface area (Å²) in [5.74, 6) is -3.19. The molecule has 0 unspecified atom stereocenters. The van der Waals surface area contributed by atoms with Gasteiger partial charge in [-0.25, -0.2) is 4.79 Å². The number of carbonyl (C=O) groups excluding carboxylic acids is 3. The highest BCUT2D eigenvalue weighted by Crippen LogP contribution is 2.04. The Hall–Kier alpha value is -2.16. The van der Waals surface area contributed by atoms with Gasteiger partial charge in [0.2, 0.25) is 17.7 Å². The normalized spacial score (nSPS) is 19.1. The Labute approximate surface area is 115 Å². The summed E-state index contributed by atoms with van der Waals surface area (Å²) in [7, 11) is 0. The van der Waals surface area contributed by atoms with Crippen molar-refractivity contribution in [2.75, 3.05) is 13.1 Å². The molecule has 0 radical (unpaired) electrons. The van der Waals surface area contributed by atoms with Crippen molar-refractivity contribution in [1.82, 2.24) is 16.0 Å². The van der Waals surface area contributed by atoms with Crippen molar-refractivity contribution in [3.8, 4) is 0 Å². The highest BCUT2D eigenvalue weighted by Gasteiger charge is 2.24. The maximum absolute atomic E-state index is 11.6. The molecule has 0 spiro atoms. The third-order valence-corrected chi connectivity index (χ3v) is 2.84. The summed E-state index contributed by atoms with van der Waals surface area (Å²) in [5, 5.41) is 16.3. The lowest BCUT2D eigenvalue weighted by Gasteiger charge is -2.14. The quantitative estimate of drug-likeness (QED) is 0.343. The van der Waals surface area contributed by atoms with Crippen molar-refractivity contribution in [3.63, 3.8) is 0 Å². The van der Waals surface area contributed by atoms with Crippen LogP contribution >= 0.6 is 0 Å². The van der Waals surface area contributed by atoms with Gasteiger partial charge in [0.05, 0.1) is 19.0 Å². The fourth-order valence-corrected chi connectivity index (χ4v) is 1.85. The molecule has 112 valence electrons. The first kappa shape index (κ1) is 15.9. The molecule has 20 heavy (non-hydrogen) atoms. The van der Waals surface area contributed by atoms with E-state index in [2.05, 4.69) is 16.0 Å². The molecule has 9 nitrogen and oxygen atoms in total. The SMILES string of the molecule is NC(=O)C[C@H](NC(=O)CNC(=O)[C@@H]1CCCN1)C(=O)O. The monoisotopic (exact) mass is 286 g/mol. The number of carbonyl (C=O) groups is 4. The van der Waals surface area contributed by atoms with Gasteiger partial charge < -0.3 is 26.8 Å². The van der Waals surface area contributed by atoms with Gasteiger partial charge in [0, 0.05) is 0 Å². The smallest absolute Gasteiger partial charge is 0.326 e. The van der Waals surface area contributed by atoms with Crippen molar-refractivity contribution in [3.05, 3.63) is 0 Å². The molecular weight excluding hydrogens is 268 g/mol. The molecule has 1 aliphatic rings. The molecule has 0 aromatic heterocycles. The number of carboxylic acids is 1. The van der Waals surface area contributed by atoms with Gasteiger partial charge in [0.1, 0.15) is 6.04 Å². The lowest BCUT2D eigenvalue weighted by Crippen LogP contribution is -2.49. The van der Waals surface area contributed by atoms with Gasteiger partial charge >= 0.3 is 5.97 Å². The van der Waals surface area contributed by atoms with Gasteiger partial charge in [0.25, 0.3) is 0 Å². The second-order valence-corrected chi connectivity index (χ2v) is 4.50. The van der Waals surface area contributed by atoms with Crippen LogP contribution in [0.2, 0.25) is 0 Å². The van der Waals surface area contributed by atoms with E-state index in [4.69, 9.17) is 10.8 Å². The Morgan fingerprint density at radius 2 is 2.05 bits per heavy atom. The zero-order valence-corrected chi connectivity index (χ0v) is 10.8. The Morgan fingerprint density at radius 3 is 2.55 bits per heavy atom.